The summed E-state index contributed by atoms with van der Waals surface area (Å²) in [6.45, 7) is -0.378. The lowest BCUT2D eigenvalue weighted by Gasteiger charge is -2.32. The van der Waals surface area contributed by atoms with Crippen molar-refractivity contribution in [1.82, 2.24) is 9.55 Å². The lowest BCUT2D eigenvalue weighted by atomic mass is 9.99. The summed E-state index contributed by atoms with van der Waals surface area (Å²) in [6, 6.07) is 18.0. The zero-order chi connectivity index (χ0) is 28.7. The maximum Gasteiger partial charge on any atom is 0.351 e. The molecule has 6 N–H and O–H groups in total. The number of carbonyl (C=O) groups excluding carboxylic acids is 2. The third-order valence-corrected chi connectivity index (χ3v) is 7.13. The van der Waals surface area contributed by atoms with Crippen LogP contribution in [0.1, 0.15) is 23.8 Å². The monoisotopic (exact) mass is 569 g/mol. The summed E-state index contributed by atoms with van der Waals surface area (Å²) in [5.74, 6) is -1.56. The number of hydrogen-bond donors (Lipinski definition) is 3. The number of alkyl halides is 1. The Balaban J connectivity index is 1.51. The van der Waals surface area contributed by atoms with Crippen molar-refractivity contribution in [3.8, 4) is 0 Å². The van der Waals surface area contributed by atoms with Crippen molar-refractivity contribution in [3.05, 3.63) is 94.5 Å². The van der Waals surface area contributed by atoms with Gasteiger partial charge in [-0.05, 0) is 30.0 Å². The number of carbonyl (C=O) groups is 2. The van der Waals surface area contributed by atoms with Gasteiger partial charge in [0.05, 0.1) is 5.88 Å². The number of aromatic nitrogens is 2. The van der Waals surface area contributed by atoms with Crippen LogP contribution in [-0.4, -0.2) is 57.8 Å². The number of anilines is 1. The zero-order valence-corrected chi connectivity index (χ0v) is 22.5. The molecule has 12 heteroatoms. The molecule has 2 aromatic carbocycles. The van der Waals surface area contributed by atoms with E-state index in [1.165, 1.54) is 16.8 Å². The Morgan fingerprint density at radius 3 is 2.12 bits per heavy atom. The maximum absolute atomic E-state index is 13.0. The molecule has 0 aliphatic carbocycles. The molecule has 1 fully saturated rings. The third-order valence-electron chi connectivity index (χ3n) is 6.68. The molecule has 0 unspecified atom stereocenters. The molecule has 0 radical (unpaired) electrons. The second kappa shape index (κ2) is 13.1. The van der Waals surface area contributed by atoms with Crippen molar-refractivity contribution in [2.75, 3.05) is 18.2 Å². The van der Waals surface area contributed by atoms with Crippen LogP contribution < -0.4 is 22.9 Å². The van der Waals surface area contributed by atoms with E-state index in [1.54, 1.807) is 0 Å². The lowest BCUT2D eigenvalue weighted by molar-refractivity contribution is -0.174. The van der Waals surface area contributed by atoms with Crippen LogP contribution in [-0.2, 0) is 36.6 Å². The second-order valence-corrected chi connectivity index (χ2v) is 9.94. The van der Waals surface area contributed by atoms with Gasteiger partial charge in [-0.25, -0.2) is 4.79 Å². The summed E-state index contributed by atoms with van der Waals surface area (Å²) in [6.07, 6.45) is 0.00824. The highest BCUT2D eigenvalue weighted by Crippen LogP contribution is 2.40. The molecule has 1 aliphatic rings. The molecule has 4 rings (SSSR count). The Morgan fingerprint density at radius 2 is 1.57 bits per heavy atom. The van der Waals surface area contributed by atoms with Gasteiger partial charge in [-0.15, -0.1) is 11.6 Å². The number of nitrogen functional groups attached to an aromatic ring is 1. The minimum absolute atomic E-state index is 0.0235. The van der Waals surface area contributed by atoms with E-state index in [4.69, 9.17) is 43.0 Å². The molecule has 3 aromatic rings. The first-order valence-corrected chi connectivity index (χ1v) is 13.3. The van der Waals surface area contributed by atoms with Gasteiger partial charge in [0.15, 0.2) is 5.60 Å². The summed E-state index contributed by atoms with van der Waals surface area (Å²) >= 11 is 6.37. The molecule has 0 spiro atoms. The summed E-state index contributed by atoms with van der Waals surface area (Å²) in [5.41, 5.74) is 17.4. The van der Waals surface area contributed by atoms with Gasteiger partial charge in [-0.1, -0.05) is 60.7 Å². The fraction of sp³-hybridized carbons (Fsp3) is 0.357. The lowest BCUT2D eigenvalue weighted by Crippen LogP contribution is -2.51. The SMILES string of the molecule is Nc1ccn([C@H]2C[C@H](OC(=O)[C@H](N)Cc3ccccc3)[C@@](CCl)(COC(=O)[C@@H](N)Cc3ccccc3)O2)c(=O)n1. The van der Waals surface area contributed by atoms with E-state index in [0.29, 0.717) is 0 Å². The van der Waals surface area contributed by atoms with Crippen LogP contribution >= 0.6 is 11.6 Å². The second-order valence-electron chi connectivity index (χ2n) is 9.67. The first-order valence-electron chi connectivity index (χ1n) is 12.8. The number of rotatable bonds is 11. The Morgan fingerprint density at radius 1 is 1.00 bits per heavy atom. The average Bonchev–Trinajstić information content (AvgIpc) is 3.30. The van der Waals surface area contributed by atoms with Crippen LogP contribution in [0.4, 0.5) is 5.82 Å². The topological polar surface area (TPSA) is 175 Å². The van der Waals surface area contributed by atoms with Gasteiger partial charge >= 0.3 is 17.6 Å². The van der Waals surface area contributed by atoms with Crippen LogP contribution in [0.2, 0.25) is 0 Å². The molecule has 212 valence electrons. The van der Waals surface area contributed by atoms with E-state index in [-0.39, 0.29) is 37.6 Å². The molecule has 0 amide bonds. The number of nitrogens with zero attached hydrogens (tertiary/aromatic N) is 2. The first kappa shape index (κ1) is 29.2. The van der Waals surface area contributed by atoms with Gasteiger partial charge in [0, 0.05) is 12.6 Å². The smallest absolute Gasteiger partial charge is 0.351 e. The summed E-state index contributed by atoms with van der Waals surface area (Å²) in [4.78, 5) is 42.1. The Kier molecular flexibility index (Phi) is 9.54. The van der Waals surface area contributed by atoms with Crippen LogP contribution in [0.5, 0.6) is 0 Å². The number of ether oxygens (including phenoxy) is 3. The molecular weight excluding hydrogens is 538 g/mol. The molecule has 2 heterocycles. The molecule has 0 bridgehead atoms. The van der Waals surface area contributed by atoms with E-state index < -0.39 is 47.6 Å². The van der Waals surface area contributed by atoms with E-state index in [1.807, 2.05) is 60.7 Å². The van der Waals surface area contributed by atoms with Crippen molar-refractivity contribution >= 4 is 29.4 Å². The molecule has 5 atom stereocenters. The Bertz CT molecular complexity index is 1360. The van der Waals surface area contributed by atoms with Gasteiger partial charge in [-0.3, -0.25) is 14.2 Å². The van der Waals surface area contributed by atoms with Gasteiger partial charge in [0.2, 0.25) is 0 Å². The Labute approximate surface area is 236 Å². The van der Waals surface area contributed by atoms with E-state index in [2.05, 4.69) is 4.98 Å². The fourth-order valence-corrected chi connectivity index (χ4v) is 4.79. The van der Waals surface area contributed by atoms with E-state index in [0.717, 1.165) is 11.1 Å². The van der Waals surface area contributed by atoms with Crippen molar-refractivity contribution in [3.63, 3.8) is 0 Å². The number of benzene rings is 2. The van der Waals surface area contributed by atoms with Crippen LogP contribution in [0, 0.1) is 0 Å². The highest BCUT2D eigenvalue weighted by atomic mass is 35.5. The van der Waals surface area contributed by atoms with Crippen molar-refractivity contribution in [1.29, 1.82) is 0 Å². The van der Waals surface area contributed by atoms with Crippen LogP contribution in [0.15, 0.2) is 77.7 Å². The summed E-state index contributed by atoms with van der Waals surface area (Å²) in [5, 5.41) is 0. The molecule has 11 nitrogen and oxygen atoms in total. The highest BCUT2D eigenvalue weighted by molar-refractivity contribution is 6.18. The fourth-order valence-electron chi connectivity index (χ4n) is 4.48. The zero-order valence-electron chi connectivity index (χ0n) is 21.7. The third kappa shape index (κ3) is 7.05. The van der Waals surface area contributed by atoms with Gasteiger partial charge in [0.1, 0.15) is 36.8 Å². The predicted octanol–water partition coefficient (Wildman–Crippen LogP) is 1.32. The normalized spacial score (nSPS) is 21.9. The molecule has 40 heavy (non-hydrogen) atoms. The van der Waals surface area contributed by atoms with Gasteiger partial charge in [-0.2, -0.15) is 4.98 Å². The first-order chi connectivity index (χ1) is 19.2. The Hall–Kier alpha value is -3.77. The minimum atomic E-state index is -1.49. The summed E-state index contributed by atoms with van der Waals surface area (Å²) in [7, 11) is 0. The quantitative estimate of drug-likeness (QED) is 0.225. The van der Waals surface area contributed by atoms with E-state index in [9.17, 15) is 14.4 Å². The van der Waals surface area contributed by atoms with Crippen molar-refractivity contribution in [2.45, 2.75) is 49.3 Å². The number of hydrogen-bond acceptors (Lipinski definition) is 10. The number of halogens is 1. The standard InChI is InChI=1S/C28H32ClN5O6/c29-16-28(17-38-25(35)20(30)13-18-7-3-1-4-8-18)22(15-24(40-28)34-12-11-23(32)33-27(34)37)39-26(36)21(31)14-19-9-5-2-6-10-19/h1-12,20-22,24H,13-17,30-31H2,(H2,32,33,37)/t20-,21+,22-,24+,28+/m0/s1. The highest BCUT2D eigenvalue weighted by Gasteiger charge is 2.53. The molecule has 1 aliphatic heterocycles. The van der Waals surface area contributed by atoms with Crippen molar-refractivity contribution < 1.29 is 23.8 Å². The van der Waals surface area contributed by atoms with Crippen molar-refractivity contribution in [2.24, 2.45) is 11.5 Å². The number of esters is 2. The minimum Gasteiger partial charge on any atom is -0.461 e. The van der Waals surface area contributed by atoms with E-state index >= 15 is 0 Å². The van der Waals surface area contributed by atoms with Gasteiger partial charge in [0.25, 0.3) is 0 Å². The maximum atomic E-state index is 13.0. The summed E-state index contributed by atoms with van der Waals surface area (Å²) < 4.78 is 18.7. The largest absolute Gasteiger partial charge is 0.461 e. The van der Waals surface area contributed by atoms with Crippen LogP contribution in [0.25, 0.3) is 0 Å². The van der Waals surface area contributed by atoms with Gasteiger partial charge < -0.3 is 31.4 Å². The number of nitrogens with two attached hydrogens (primary N) is 3. The molecule has 0 saturated carbocycles. The molecule has 1 saturated heterocycles. The molecular formula is C28H32ClN5O6. The average molecular weight is 570 g/mol. The van der Waals surface area contributed by atoms with Crippen LogP contribution in [0.3, 0.4) is 0 Å². The molecule has 1 aromatic heterocycles. The predicted molar refractivity (Wildman–Crippen MR) is 148 cm³/mol.